The number of halogens is 18. The summed E-state index contributed by atoms with van der Waals surface area (Å²) in [4.78, 5) is 0. The number of hydrogen-bond donors (Lipinski definition) is 0. The molecule has 1 aliphatic rings. The third-order valence-electron chi connectivity index (χ3n) is 9.46. The van der Waals surface area contributed by atoms with Crippen molar-refractivity contribution >= 4 is 19.6 Å². The molecule has 0 spiro atoms. The van der Waals surface area contributed by atoms with E-state index in [1.54, 1.807) is 6.92 Å². The van der Waals surface area contributed by atoms with Gasteiger partial charge in [0.1, 0.15) is 5.69 Å². The minimum absolute atomic E-state index is 0.0674. The van der Waals surface area contributed by atoms with Crippen molar-refractivity contribution in [3.05, 3.63) is 104 Å². The Morgan fingerprint density at radius 1 is 0.407 bits per heavy atom. The molecule has 0 heterocycles. The third-order valence-corrected chi connectivity index (χ3v) is 13.9. The highest BCUT2D eigenvalue weighted by atomic mass is 28.3. The zero-order valence-corrected chi connectivity index (χ0v) is 28.5. The van der Waals surface area contributed by atoms with Gasteiger partial charge in [-0.15, -0.1) is 0 Å². The number of alkyl halides is 2. The Morgan fingerprint density at radius 2 is 0.778 bits per heavy atom. The van der Waals surface area contributed by atoms with Gasteiger partial charge in [0.2, 0.25) is 5.82 Å². The molecule has 1 unspecified atom stereocenters. The summed E-state index contributed by atoms with van der Waals surface area (Å²) in [5.74, 6) is -51.8. The summed E-state index contributed by atoms with van der Waals surface area (Å²) < 4.78 is 274. The van der Waals surface area contributed by atoms with Gasteiger partial charge in [0, 0.05) is 11.1 Å². The molecule has 0 amide bonds. The van der Waals surface area contributed by atoms with Crippen LogP contribution in [0.25, 0.3) is 22.3 Å². The lowest BCUT2D eigenvalue weighted by Crippen LogP contribution is -2.50. The monoisotopic (exact) mass is 813 g/mol. The molecule has 5 rings (SSSR count). The van der Waals surface area contributed by atoms with Crippen molar-refractivity contribution in [3.8, 4) is 22.3 Å². The normalized spacial score (nSPS) is 14.4. The highest BCUT2D eigenvalue weighted by molar-refractivity contribution is 6.83. The zero-order chi connectivity index (χ0) is 40.7. The van der Waals surface area contributed by atoms with Crippen LogP contribution in [0.5, 0.6) is 0 Å². The standard InChI is InChI=1S/C34H21F18NSi/c1-4-6-7-8-9-54(3,5-2)53(33-21(40)13(20(39)27(46)31(33)50)12-18(37)24(43)29(48)25(44)19(12)38)32-15-11(17(36)26(45)30(32)49)10-14(34(15,51)52)22(41)28(47)23(42)16(10)35/h4-9H2,1-3H3. The van der Waals surface area contributed by atoms with Crippen molar-refractivity contribution in [1.29, 1.82) is 0 Å². The highest BCUT2D eigenvalue weighted by Crippen LogP contribution is 2.60. The van der Waals surface area contributed by atoms with E-state index in [0.717, 1.165) is 13.5 Å². The van der Waals surface area contributed by atoms with Gasteiger partial charge < -0.3 is 4.57 Å². The summed E-state index contributed by atoms with van der Waals surface area (Å²) in [6.07, 6.45) is 1.10. The average Bonchev–Trinajstić information content (AvgIpc) is 3.38. The fraction of sp³-hybridized carbons (Fsp3) is 0.294. The number of fused-ring (bicyclic) bond motifs is 3. The van der Waals surface area contributed by atoms with Crippen LogP contribution in [0.15, 0.2) is 0 Å². The number of anilines is 2. The number of nitrogens with zero attached hydrogens (tertiary/aromatic N) is 1. The topological polar surface area (TPSA) is 3.24 Å². The molecule has 0 aromatic heterocycles. The van der Waals surface area contributed by atoms with Crippen molar-refractivity contribution in [1.82, 2.24) is 0 Å². The molecule has 4 aromatic carbocycles. The van der Waals surface area contributed by atoms with Crippen LogP contribution in [-0.4, -0.2) is 8.24 Å². The van der Waals surface area contributed by atoms with E-state index in [1.165, 1.54) is 0 Å². The van der Waals surface area contributed by atoms with E-state index >= 15 is 48.3 Å². The van der Waals surface area contributed by atoms with E-state index in [9.17, 15) is 30.7 Å². The summed E-state index contributed by atoms with van der Waals surface area (Å²) in [6.45, 7) is 3.83. The maximum absolute atomic E-state index is 16.7. The lowest BCUT2D eigenvalue weighted by atomic mass is 9.99. The molecule has 0 aliphatic heterocycles. The van der Waals surface area contributed by atoms with Crippen LogP contribution in [0.2, 0.25) is 18.6 Å². The highest BCUT2D eigenvalue weighted by Gasteiger charge is 2.57. The van der Waals surface area contributed by atoms with Crippen LogP contribution in [0.3, 0.4) is 0 Å². The molecule has 0 fully saturated rings. The van der Waals surface area contributed by atoms with E-state index in [0.29, 0.717) is 12.8 Å². The lowest BCUT2D eigenvalue weighted by molar-refractivity contribution is 0.0431. The molecule has 4 aromatic rings. The summed E-state index contributed by atoms with van der Waals surface area (Å²) in [6, 6.07) is -1.01. The predicted octanol–water partition coefficient (Wildman–Crippen LogP) is 13.0. The quantitative estimate of drug-likeness (QED) is 0.0507. The van der Waals surface area contributed by atoms with E-state index in [1.807, 2.05) is 0 Å². The molecule has 20 heteroatoms. The first kappa shape index (κ1) is 40.8. The largest absolute Gasteiger partial charge is 0.361 e. The van der Waals surface area contributed by atoms with Gasteiger partial charge in [-0.3, -0.25) is 0 Å². The second kappa shape index (κ2) is 14.0. The van der Waals surface area contributed by atoms with Gasteiger partial charge in [0.05, 0.1) is 27.9 Å². The molecular weight excluding hydrogens is 792 g/mol. The van der Waals surface area contributed by atoms with Crippen LogP contribution in [0.4, 0.5) is 90.4 Å². The molecule has 0 saturated carbocycles. The predicted molar refractivity (Wildman–Crippen MR) is 159 cm³/mol. The van der Waals surface area contributed by atoms with Crippen molar-refractivity contribution in [2.75, 3.05) is 4.57 Å². The maximum atomic E-state index is 16.7. The number of benzene rings is 4. The molecule has 0 saturated heterocycles. The first-order valence-corrected chi connectivity index (χ1v) is 18.6. The van der Waals surface area contributed by atoms with Gasteiger partial charge in [0.15, 0.2) is 95.5 Å². The van der Waals surface area contributed by atoms with Gasteiger partial charge in [-0.25, -0.2) is 70.2 Å². The second-order valence-electron chi connectivity index (χ2n) is 12.5. The maximum Gasteiger partial charge on any atom is 0.304 e. The number of unbranched alkanes of at least 4 members (excludes halogenated alkanes) is 3. The Balaban J connectivity index is 2.05. The van der Waals surface area contributed by atoms with Crippen molar-refractivity contribution in [2.24, 2.45) is 0 Å². The van der Waals surface area contributed by atoms with Crippen LogP contribution < -0.4 is 4.57 Å². The van der Waals surface area contributed by atoms with Crippen molar-refractivity contribution in [3.63, 3.8) is 0 Å². The summed E-state index contributed by atoms with van der Waals surface area (Å²) in [5, 5.41) is 0. The molecule has 292 valence electrons. The molecule has 0 bridgehead atoms. The summed E-state index contributed by atoms with van der Waals surface area (Å²) in [7, 11) is -4.53. The van der Waals surface area contributed by atoms with Gasteiger partial charge in [-0.05, 0) is 12.1 Å². The van der Waals surface area contributed by atoms with Gasteiger partial charge >= 0.3 is 5.92 Å². The van der Waals surface area contributed by atoms with E-state index in [-0.39, 0.29) is 17.4 Å². The van der Waals surface area contributed by atoms with Crippen LogP contribution in [0, 0.1) is 93.1 Å². The lowest BCUT2D eigenvalue weighted by Gasteiger charge is -2.43. The summed E-state index contributed by atoms with van der Waals surface area (Å²) in [5.41, 5.74) is -19.1. The molecule has 1 aliphatic carbocycles. The molecular formula is C34H21F18NSi. The Hall–Kier alpha value is -4.36. The minimum atomic E-state index is -5.48. The van der Waals surface area contributed by atoms with Gasteiger partial charge in [0.25, 0.3) is 0 Å². The Bertz CT molecular complexity index is 2210. The molecule has 1 nitrogen and oxygen atoms in total. The second-order valence-corrected chi connectivity index (χ2v) is 17.2. The molecule has 1 atom stereocenters. The van der Waals surface area contributed by atoms with E-state index < -0.39 is 164 Å². The third kappa shape index (κ3) is 5.63. The average molecular weight is 814 g/mol. The number of hydrogen-bond acceptors (Lipinski definition) is 1. The first-order chi connectivity index (χ1) is 25.1. The first-order valence-electron chi connectivity index (χ1n) is 15.7. The molecule has 0 radical (unpaired) electrons. The van der Waals surface area contributed by atoms with E-state index in [2.05, 4.69) is 0 Å². The van der Waals surface area contributed by atoms with Crippen LogP contribution in [-0.2, 0) is 5.92 Å². The van der Waals surface area contributed by atoms with Gasteiger partial charge in [-0.2, -0.15) is 8.78 Å². The molecule has 54 heavy (non-hydrogen) atoms. The Labute approximate surface area is 293 Å². The molecule has 0 N–H and O–H groups in total. The van der Waals surface area contributed by atoms with Crippen molar-refractivity contribution < 1.29 is 79.0 Å². The number of rotatable bonds is 10. The Morgan fingerprint density at radius 3 is 1.24 bits per heavy atom. The Kier molecular flexibility index (Phi) is 10.6. The van der Waals surface area contributed by atoms with Crippen LogP contribution >= 0.6 is 0 Å². The summed E-state index contributed by atoms with van der Waals surface area (Å²) >= 11 is 0. The van der Waals surface area contributed by atoms with Gasteiger partial charge in [-0.1, -0.05) is 46.1 Å². The van der Waals surface area contributed by atoms with Crippen LogP contribution in [0.1, 0.15) is 50.7 Å². The fourth-order valence-corrected chi connectivity index (χ4v) is 9.97. The van der Waals surface area contributed by atoms with Crippen molar-refractivity contribution in [2.45, 2.75) is 64.1 Å². The SMILES string of the molecule is CCCCCC[Si](C)(CC)N(c1c(F)c(F)c(F)c(-c2c(F)c(F)c(F)c(F)c2F)c1F)c1c(F)c(F)c(F)c2c1C(F)(F)c1c(F)c(F)c(F)c(F)c1-2. The minimum Gasteiger partial charge on any atom is -0.361 e. The van der Waals surface area contributed by atoms with E-state index in [4.69, 9.17) is 0 Å². The fourth-order valence-electron chi connectivity index (χ4n) is 6.58. The zero-order valence-electron chi connectivity index (χ0n) is 27.5. The smallest absolute Gasteiger partial charge is 0.304 e.